The van der Waals surface area contributed by atoms with Gasteiger partial charge in [0.25, 0.3) is 0 Å². The summed E-state index contributed by atoms with van der Waals surface area (Å²) in [5.74, 6) is 1.73. The van der Waals surface area contributed by atoms with E-state index in [4.69, 9.17) is 21.8 Å². The number of benzene rings is 1. The van der Waals surface area contributed by atoms with Crippen LogP contribution in [0, 0.1) is 5.92 Å². The average molecular weight is 421 g/mol. The Bertz CT molecular complexity index is 723. The molecular formula is C18H24Cl3N3O2. The van der Waals surface area contributed by atoms with Gasteiger partial charge in [-0.25, -0.2) is 4.98 Å². The monoisotopic (exact) mass is 419 g/mol. The first-order valence-electron chi connectivity index (χ1n) is 8.27. The molecule has 2 N–H and O–H groups in total. The van der Waals surface area contributed by atoms with E-state index in [-0.39, 0.29) is 36.8 Å². The fourth-order valence-electron chi connectivity index (χ4n) is 3.23. The standard InChI is InChI=1S/C18H22ClN3O2.2ClH/c1-12-8-13(9-20)11-22(12)18(23)7-6-17-21-10-16(24-17)14-4-2-3-5-15(14)19;;/h2-5,10,12-13H,6-9,11,20H2,1H3;2*1H. The van der Waals surface area contributed by atoms with E-state index in [2.05, 4.69) is 11.9 Å². The highest BCUT2D eigenvalue weighted by Crippen LogP contribution is 2.28. The van der Waals surface area contributed by atoms with Crippen LogP contribution in [0.3, 0.4) is 0 Å². The number of hydrogen-bond acceptors (Lipinski definition) is 4. The predicted molar refractivity (Wildman–Crippen MR) is 108 cm³/mol. The molecule has 1 saturated heterocycles. The lowest BCUT2D eigenvalue weighted by Gasteiger charge is -2.21. The number of halogens is 3. The van der Waals surface area contributed by atoms with Crippen LogP contribution in [0.15, 0.2) is 34.9 Å². The summed E-state index contributed by atoms with van der Waals surface area (Å²) in [5, 5.41) is 0.620. The summed E-state index contributed by atoms with van der Waals surface area (Å²) in [7, 11) is 0. The molecule has 1 aromatic carbocycles. The highest BCUT2D eigenvalue weighted by Gasteiger charge is 2.31. The van der Waals surface area contributed by atoms with Crippen molar-refractivity contribution in [2.75, 3.05) is 13.1 Å². The molecule has 0 aliphatic carbocycles. The molecule has 0 saturated carbocycles. The summed E-state index contributed by atoms with van der Waals surface area (Å²) in [4.78, 5) is 18.6. The van der Waals surface area contributed by atoms with Crippen molar-refractivity contribution in [3.63, 3.8) is 0 Å². The normalized spacial score (nSPS) is 19.0. The first-order chi connectivity index (χ1) is 11.6. The highest BCUT2D eigenvalue weighted by molar-refractivity contribution is 6.33. The highest BCUT2D eigenvalue weighted by atomic mass is 35.5. The fraction of sp³-hybridized carbons (Fsp3) is 0.444. The smallest absolute Gasteiger partial charge is 0.223 e. The minimum atomic E-state index is 0. The number of hydrogen-bond donors (Lipinski definition) is 1. The van der Waals surface area contributed by atoms with Gasteiger partial charge < -0.3 is 15.1 Å². The lowest BCUT2D eigenvalue weighted by Crippen LogP contribution is -2.34. The van der Waals surface area contributed by atoms with Crippen LogP contribution in [0.1, 0.15) is 25.7 Å². The molecule has 3 rings (SSSR count). The zero-order valence-corrected chi connectivity index (χ0v) is 16.9. The van der Waals surface area contributed by atoms with Gasteiger partial charge in [0, 0.05) is 31.0 Å². The van der Waals surface area contributed by atoms with Crippen LogP contribution in [-0.4, -0.2) is 34.9 Å². The number of carbonyl (C=O) groups excluding carboxylic acids is 1. The van der Waals surface area contributed by atoms with E-state index in [1.807, 2.05) is 29.2 Å². The molecule has 144 valence electrons. The first-order valence-corrected chi connectivity index (χ1v) is 8.65. The fourth-order valence-corrected chi connectivity index (χ4v) is 3.46. The maximum absolute atomic E-state index is 12.4. The molecule has 1 amide bonds. The Morgan fingerprint density at radius 3 is 2.77 bits per heavy atom. The SMILES string of the molecule is CC1CC(CN)CN1C(=O)CCc1ncc(-c2ccccc2Cl)o1.Cl.Cl. The van der Waals surface area contributed by atoms with Crippen LogP contribution < -0.4 is 5.73 Å². The van der Waals surface area contributed by atoms with Crippen molar-refractivity contribution < 1.29 is 9.21 Å². The molecule has 2 unspecified atom stereocenters. The molecule has 0 spiro atoms. The number of carbonyl (C=O) groups is 1. The Hall–Kier alpha value is -1.27. The van der Waals surface area contributed by atoms with E-state index in [1.165, 1.54) is 0 Å². The molecule has 2 heterocycles. The molecule has 0 bridgehead atoms. The van der Waals surface area contributed by atoms with Crippen LogP contribution in [0.25, 0.3) is 11.3 Å². The predicted octanol–water partition coefficient (Wildman–Crippen LogP) is 3.97. The van der Waals surface area contributed by atoms with Gasteiger partial charge in [0.2, 0.25) is 5.91 Å². The third-order valence-electron chi connectivity index (χ3n) is 4.56. The minimum Gasteiger partial charge on any atom is -0.441 e. The molecule has 2 aromatic rings. The van der Waals surface area contributed by atoms with Crippen molar-refractivity contribution in [3.8, 4) is 11.3 Å². The van der Waals surface area contributed by atoms with Crippen molar-refractivity contribution in [3.05, 3.63) is 41.4 Å². The lowest BCUT2D eigenvalue weighted by molar-refractivity contribution is -0.131. The van der Waals surface area contributed by atoms with E-state index >= 15 is 0 Å². The van der Waals surface area contributed by atoms with E-state index < -0.39 is 0 Å². The minimum absolute atomic E-state index is 0. The van der Waals surface area contributed by atoms with Gasteiger partial charge in [-0.05, 0) is 37.9 Å². The molecule has 0 radical (unpaired) electrons. The lowest BCUT2D eigenvalue weighted by atomic mass is 10.1. The van der Waals surface area contributed by atoms with Crippen molar-refractivity contribution in [2.24, 2.45) is 11.7 Å². The topological polar surface area (TPSA) is 72.4 Å². The van der Waals surface area contributed by atoms with Gasteiger partial charge in [0.1, 0.15) is 0 Å². The Balaban J connectivity index is 0.00000169. The summed E-state index contributed by atoms with van der Waals surface area (Å²) in [6, 6.07) is 7.72. The summed E-state index contributed by atoms with van der Waals surface area (Å²) >= 11 is 6.17. The summed E-state index contributed by atoms with van der Waals surface area (Å²) in [5.41, 5.74) is 6.53. The van der Waals surface area contributed by atoms with E-state index in [0.717, 1.165) is 18.5 Å². The van der Waals surface area contributed by atoms with Gasteiger partial charge in [0.15, 0.2) is 11.7 Å². The van der Waals surface area contributed by atoms with Gasteiger partial charge in [-0.15, -0.1) is 24.8 Å². The Morgan fingerprint density at radius 2 is 2.12 bits per heavy atom. The molecule has 26 heavy (non-hydrogen) atoms. The van der Waals surface area contributed by atoms with Gasteiger partial charge in [-0.2, -0.15) is 0 Å². The number of rotatable bonds is 5. The zero-order chi connectivity index (χ0) is 17.1. The molecule has 1 fully saturated rings. The van der Waals surface area contributed by atoms with Gasteiger partial charge in [-0.3, -0.25) is 4.79 Å². The van der Waals surface area contributed by atoms with Crippen LogP contribution >= 0.6 is 36.4 Å². The number of amides is 1. The van der Waals surface area contributed by atoms with Crippen molar-refractivity contribution in [1.29, 1.82) is 0 Å². The van der Waals surface area contributed by atoms with E-state index in [0.29, 0.717) is 42.0 Å². The van der Waals surface area contributed by atoms with Gasteiger partial charge in [0.05, 0.1) is 11.2 Å². The number of oxazole rings is 1. The van der Waals surface area contributed by atoms with Crippen LogP contribution in [0.5, 0.6) is 0 Å². The first kappa shape index (κ1) is 22.8. The Morgan fingerprint density at radius 1 is 1.38 bits per heavy atom. The molecule has 8 heteroatoms. The second kappa shape index (κ2) is 10.2. The average Bonchev–Trinajstić information content (AvgIpc) is 3.19. The molecule has 5 nitrogen and oxygen atoms in total. The number of aromatic nitrogens is 1. The van der Waals surface area contributed by atoms with E-state index in [1.54, 1.807) is 6.20 Å². The largest absolute Gasteiger partial charge is 0.441 e. The van der Waals surface area contributed by atoms with Crippen LogP contribution in [0.2, 0.25) is 5.02 Å². The van der Waals surface area contributed by atoms with Crippen molar-refractivity contribution >= 4 is 42.3 Å². The molecule has 1 aliphatic heterocycles. The number of nitrogens with two attached hydrogens (primary N) is 1. The summed E-state index contributed by atoms with van der Waals surface area (Å²) < 4.78 is 5.75. The maximum atomic E-state index is 12.4. The molecule has 1 aliphatic rings. The summed E-state index contributed by atoms with van der Waals surface area (Å²) in [6.45, 7) is 3.47. The molecular weight excluding hydrogens is 397 g/mol. The summed E-state index contributed by atoms with van der Waals surface area (Å²) in [6.07, 6.45) is 3.52. The van der Waals surface area contributed by atoms with Crippen LogP contribution in [0.4, 0.5) is 0 Å². The van der Waals surface area contributed by atoms with Crippen molar-refractivity contribution in [1.82, 2.24) is 9.88 Å². The maximum Gasteiger partial charge on any atom is 0.223 e. The van der Waals surface area contributed by atoms with Crippen LogP contribution in [-0.2, 0) is 11.2 Å². The Labute approximate surface area is 171 Å². The molecule has 1 aromatic heterocycles. The second-order valence-electron chi connectivity index (χ2n) is 6.33. The second-order valence-corrected chi connectivity index (χ2v) is 6.74. The van der Waals surface area contributed by atoms with Gasteiger partial charge in [-0.1, -0.05) is 23.7 Å². The zero-order valence-electron chi connectivity index (χ0n) is 14.6. The van der Waals surface area contributed by atoms with Gasteiger partial charge >= 0.3 is 0 Å². The van der Waals surface area contributed by atoms with Crippen molar-refractivity contribution in [2.45, 2.75) is 32.2 Å². The number of nitrogens with zero attached hydrogens (tertiary/aromatic N) is 2. The third kappa shape index (κ3) is 5.13. The Kier molecular flexibility index (Phi) is 8.90. The van der Waals surface area contributed by atoms with E-state index in [9.17, 15) is 4.79 Å². The number of likely N-dealkylation sites (tertiary alicyclic amines) is 1. The molecule has 2 atom stereocenters. The quantitative estimate of drug-likeness (QED) is 0.794. The number of aryl methyl sites for hydroxylation is 1. The third-order valence-corrected chi connectivity index (χ3v) is 4.89.